The van der Waals surface area contributed by atoms with Crippen molar-refractivity contribution in [3.63, 3.8) is 0 Å². The molecule has 2 N–H and O–H groups in total. The topological polar surface area (TPSA) is 62.2 Å². The van der Waals surface area contributed by atoms with Crippen molar-refractivity contribution in [3.8, 4) is 0 Å². The monoisotopic (exact) mass is 272 g/mol. The van der Waals surface area contributed by atoms with Crippen LogP contribution in [0.3, 0.4) is 0 Å². The van der Waals surface area contributed by atoms with Crippen LogP contribution in [0.25, 0.3) is 10.9 Å². The number of nitrogens with one attached hydrogen (secondary N) is 1. The van der Waals surface area contributed by atoms with Gasteiger partial charge in [0.15, 0.2) is 0 Å². The van der Waals surface area contributed by atoms with E-state index >= 15 is 0 Å². The first-order valence-corrected chi connectivity index (χ1v) is 7.02. The van der Waals surface area contributed by atoms with Gasteiger partial charge in [-0.2, -0.15) is 0 Å². The van der Waals surface area contributed by atoms with Crippen molar-refractivity contribution >= 4 is 22.7 Å². The Labute approximate surface area is 118 Å². The second-order valence-corrected chi connectivity index (χ2v) is 4.95. The van der Waals surface area contributed by atoms with Crippen LogP contribution in [0, 0.1) is 5.92 Å². The number of para-hydroxylation sites is 1. The molecule has 106 valence electrons. The van der Waals surface area contributed by atoms with Crippen molar-refractivity contribution < 1.29 is 9.90 Å². The summed E-state index contributed by atoms with van der Waals surface area (Å²) < 4.78 is 0. The van der Waals surface area contributed by atoms with E-state index in [1.54, 1.807) is 6.07 Å². The molecule has 0 saturated carbocycles. The molecule has 0 fully saturated rings. The molecule has 1 aromatic heterocycles. The van der Waals surface area contributed by atoms with Crippen LogP contribution in [0.2, 0.25) is 0 Å². The predicted molar refractivity (Wildman–Crippen MR) is 81.3 cm³/mol. The smallest absolute Gasteiger partial charge is 0.339 e. The predicted octanol–water partition coefficient (Wildman–Crippen LogP) is 3.78. The number of carboxylic acid groups (broad SMARTS) is 1. The molecular weight excluding hydrogens is 252 g/mol. The van der Waals surface area contributed by atoms with E-state index in [0.717, 1.165) is 30.3 Å². The molecular formula is C16H20N2O2. The highest BCUT2D eigenvalue weighted by molar-refractivity contribution is 5.98. The van der Waals surface area contributed by atoms with E-state index < -0.39 is 5.97 Å². The van der Waals surface area contributed by atoms with Gasteiger partial charge in [-0.25, -0.2) is 9.78 Å². The third-order valence-electron chi connectivity index (χ3n) is 3.67. The van der Waals surface area contributed by atoms with Gasteiger partial charge in [0.05, 0.1) is 5.52 Å². The van der Waals surface area contributed by atoms with E-state index in [1.807, 2.05) is 24.3 Å². The number of rotatable bonds is 6. The molecule has 1 heterocycles. The highest BCUT2D eigenvalue weighted by Gasteiger charge is 2.14. The Morgan fingerprint density at radius 2 is 2.00 bits per heavy atom. The van der Waals surface area contributed by atoms with Gasteiger partial charge in [-0.05, 0) is 18.1 Å². The fraction of sp³-hybridized carbons (Fsp3) is 0.375. The number of carboxylic acids is 1. The third-order valence-corrected chi connectivity index (χ3v) is 3.67. The number of fused-ring (bicyclic) bond motifs is 1. The Kier molecular flexibility index (Phi) is 4.56. The molecule has 0 aliphatic heterocycles. The summed E-state index contributed by atoms with van der Waals surface area (Å²) >= 11 is 0. The maximum absolute atomic E-state index is 11.4. The quantitative estimate of drug-likeness (QED) is 0.840. The van der Waals surface area contributed by atoms with Crippen molar-refractivity contribution in [2.45, 2.75) is 26.7 Å². The number of pyridine rings is 1. The molecule has 0 amide bonds. The second-order valence-electron chi connectivity index (χ2n) is 4.95. The molecule has 4 heteroatoms. The molecule has 0 bridgehead atoms. The van der Waals surface area contributed by atoms with E-state index in [4.69, 9.17) is 0 Å². The van der Waals surface area contributed by atoms with Crippen LogP contribution in [0.1, 0.15) is 37.0 Å². The third kappa shape index (κ3) is 3.07. The summed E-state index contributed by atoms with van der Waals surface area (Å²) in [6.07, 6.45) is 2.14. The Bertz CT molecular complexity index is 606. The zero-order valence-electron chi connectivity index (χ0n) is 11.9. The molecule has 0 spiro atoms. The van der Waals surface area contributed by atoms with Gasteiger partial charge < -0.3 is 10.4 Å². The highest BCUT2D eigenvalue weighted by atomic mass is 16.4. The SMILES string of the molecule is CCC(CC)CNc1nc2ccccc2cc1C(=O)O. The van der Waals surface area contributed by atoms with Crippen LogP contribution >= 0.6 is 0 Å². The number of carbonyl (C=O) groups is 1. The van der Waals surface area contributed by atoms with Gasteiger partial charge in [0.1, 0.15) is 11.4 Å². The molecule has 1 aromatic carbocycles. The molecule has 20 heavy (non-hydrogen) atoms. The number of hydrogen-bond acceptors (Lipinski definition) is 3. The lowest BCUT2D eigenvalue weighted by atomic mass is 10.0. The summed E-state index contributed by atoms with van der Waals surface area (Å²) in [6, 6.07) is 9.23. The minimum Gasteiger partial charge on any atom is -0.478 e. The summed E-state index contributed by atoms with van der Waals surface area (Å²) in [7, 11) is 0. The average Bonchev–Trinajstić information content (AvgIpc) is 2.47. The average molecular weight is 272 g/mol. The first-order chi connectivity index (χ1) is 9.65. The number of aromatic carboxylic acids is 1. The highest BCUT2D eigenvalue weighted by Crippen LogP contribution is 2.21. The van der Waals surface area contributed by atoms with Crippen LogP contribution in [-0.2, 0) is 0 Å². The molecule has 0 atom stereocenters. The molecule has 2 aromatic rings. The van der Waals surface area contributed by atoms with E-state index in [2.05, 4.69) is 24.1 Å². The molecule has 0 aliphatic carbocycles. The maximum atomic E-state index is 11.4. The number of anilines is 1. The fourth-order valence-corrected chi connectivity index (χ4v) is 2.23. The van der Waals surface area contributed by atoms with Crippen molar-refractivity contribution in [2.75, 3.05) is 11.9 Å². The molecule has 2 rings (SSSR count). The van der Waals surface area contributed by atoms with Gasteiger partial charge in [-0.1, -0.05) is 44.9 Å². The van der Waals surface area contributed by atoms with E-state index in [1.165, 1.54) is 0 Å². The van der Waals surface area contributed by atoms with Crippen LogP contribution in [0.5, 0.6) is 0 Å². The summed E-state index contributed by atoms with van der Waals surface area (Å²) in [5.74, 6) is 0.0447. The Hall–Kier alpha value is -2.10. The van der Waals surface area contributed by atoms with Crippen molar-refractivity contribution in [2.24, 2.45) is 5.92 Å². The number of hydrogen-bond donors (Lipinski definition) is 2. The van der Waals surface area contributed by atoms with Crippen LogP contribution in [-0.4, -0.2) is 22.6 Å². The van der Waals surface area contributed by atoms with Crippen LogP contribution in [0.15, 0.2) is 30.3 Å². The number of aromatic nitrogens is 1. The van der Waals surface area contributed by atoms with E-state index in [-0.39, 0.29) is 5.56 Å². The minimum absolute atomic E-state index is 0.231. The Balaban J connectivity index is 2.34. The van der Waals surface area contributed by atoms with Crippen LogP contribution in [0.4, 0.5) is 5.82 Å². The Morgan fingerprint density at radius 1 is 1.30 bits per heavy atom. The molecule has 0 saturated heterocycles. The molecule has 0 radical (unpaired) electrons. The first-order valence-electron chi connectivity index (χ1n) is 7.02. The summed E-state index contributed by atoms with van der Waals surface area (Å²) in [6.45, 7) is 5.03. The van der Waals surface area contributed by atoms with E-state index in [0.29, 0.717) is 11.7 Å². The lowest BCUT2D eigenvalue weighted by Crippen LogP contribution is -2.16. The second kappa shape index (κ2) is 6.37. The lowest BCUT2D eigenvalue weighted by molar-refractivity contribution is 0.0697. The lowest BCUT2D eigenvalue weighted by Gasteiger charge is -2.15. The minimum atomic E-state index is -0.949. The zero-order valence-corrected chi connectivity index (χ0v) is 11.9. The molecule has 0 aliphatic rings. The number of benzene rings is 1. The van der Waals surface area contributed by atoms with Gasteiger partial charge in [0.2, 0.25) is 0 Å². The van der Waals surface area contributed by atoms with Gasteiger partial charge in [-0.3, -0.25) is 0 Å². The molecule has 4 nitrogen and oxygen atoms in total. The normalized spacial score (nSPS) is 10.9. The first kappa shape index (κ1) is 14.3. The van der Waals surface area contributed by atoms with Gasteiger partial charge in [0.25, 0.3) is 0 Å². The van der Waals surface area contributed by atoms with Crippen molar-refractivity contribution in [1.29, 1.82) is 0 Å². The van der Waals surface area contributed by atoms with E-state index in [9.17, 15) is 9.90 Å². The Morgan fingerprint density at radius 3 is 2.65 bits per heavy atom. The summed E-state index contributed by atoms with van der Waals surface area (Å²) in [4.78, 5) is 15.8. The number of nitrogens with zero attached hydrogens (tertiary/aromatic N) is 1. The standard InChI is InChI=1S/C16H20N2O2/c1-3-11(4-2)10-17-15-13(16(19)20)9-12-7-5-6-8-14(12)18-15/h5-9,11H,3-4,10H2,1-2H3,(H,17,18)(H,19,20). The van der Waals surface area contributed by atoms with Crippen LogP contribution < -0.4 is 5.32 Å². The van der Waals surface area contributed by atoms with Gasteiger partial charge in [0, 0.05) is 11.9 Å². The fourth-order valence-electron chi connectivity index (χ4n) is 2.23. The van der Waals surface area contributed by atoms with Crippen molar-refractivity contribution in [3.05, 3.63) is 35.9 Å². The summed E-state index contributed by atoms with van der Waals surface area (Å²) in [5, 5.41) is 13.4. The zero-order chi connectivity index (χ0) is 14.5. The summed E-state index contributed by atoms with van der Waals surface area (Å²) in [5.41, 5.74) is 1.04. The van der Waals surface area contributed by atoms with Gasteiger partial charge >= 0.3 is 5.97 Å². The maximum Gasteiger partial charge on any atom is 0.339 e. The van der Waals surface area contributed by atoms with Crippen molar-refractivity contribution in [1.82, 2.24) is 4.98 Å². The largest absolute Gasteiger partial charge is 0.478 e. The van der Waals surface area contributed by atoms with Gasteiger partial charge in [-0.15, -0.1) is 0 Å². The molecule has 0 unspecified atom stereocenters.